The van der Waals surface area contributed by atoms with Gasteiger partial charge in [0.05, 0.1) is 6.26 Å². The molecule has 1 fully saturated rings. The van der Waals surface area contributed by atoms with Crippen LogP contribution < -0.4 is 16.4 Å². The van der Waals surface area contributed by atoms with E-state index in [1.54, 1.807) is 12.1 Å². The molecule has 0 spiro atoms. The number of hydrogen-bond acceptors (Lipinski definition) is 4. The molecule has 6 nitrogen and oxygen atoms in total. The van der Waals surface area contributed by atoms with Crippen LogP contribution in [0.1, 0.15) is 56.5 Å². The van der Waals surface area contributed by atoms with Crippen LogP contribution in [0.4, 0.5) is 0 Å². The molecule has 2 unspecified atom stereocenters. The lowest BCUT2D eigenvalue weighted by Crippen LogP contribution is -2.55. The molecule has 134 valence electrons. The Balaban J connectivity index is 1.98. The van der Waals surface area contributed by atoms with E-state index in [-0.39, 0.29) is 29.5 Å². The first-order valence-corrected chi connectivity index (χ1v) is 8.87. The summed E-state index contributed by atoms with van der Waals surface area (Å²) in [5, 5.41) is 5.82. The summed E-state index contributed by atoms with van der Waals surface area (Å²) in [7, 11) is 0. The molecule has 2 atom stereocenters. The third-order valence-electron chi connectivity index (χ3n) is 4.78. The maximum Gasteiger partial charge on any atom is 0.287 e. The van der Waals surface area contributed by atoms with Crippen molar-refractivity contribution in [3.8, 4) is 0 Å². The second kappa shape index (κ2) is 8.87. The highest BCUT2D eigenvalue weighted by atomic mass is 16.3. The zero-order chi connectivity index (χ0) is 17.5. The van der Waals surface area contributed by atoms with E-state index in [1.807, 2.05) is 13.8 Å². The van der Waals surface area contributed by atoms with Gasteiger partial charge in [0, 0.05) is 12.6 Å². The van der Waals surface area contributed by atoms with Gasteiger partial charge in [0.15, 0.2) is 5.76 Å². The van der Waals surface area contributed by atoms with E-state index in [4.69, 9.17) is 10.2 Å². The number of furan rings is 1. The molecule has 2 amide bonds. The molecule has 1 saturated carbocycles. The first kappa shape index (κ1) is 18.5. The fourth-order valence-corrected chi connectivity index (χ4v) is 3.33. The minimum absolute atomic E-state index is 0.0282. The van der Waals surface area contributed by atoms with Crippen molar-refractivity contribution in [3.63, 3.8) is 0 Å². The highest BCUT2D eigenvalue weighted by Crippen LogP contribution is 2.26. The van der Waals surface area contributed by atoms with Crippen LogP contribution in [0.25, 0.3) is 0 Å². The van der Waals surface area contributed by atoms with Crippen molar-refractivity contribution >= 4 is 11.8 Å². The zero-order valence-electron chi connectivity index (χ0n) is 14.6. The second-order valence-corrected chi connectivity index (χ2v) is 6.92. The summed E-state index contributed by atoms with van der Waals surface area (Å²) in [4.78, 5) is 24.9. The van der Waals surface area contributed by atoms with E-state index in [0.717, 1.165) is 12.8 Å². The molecule has 1 aromatic rings. The van der Waals surface area contributed by atoms with Gasteiger partial charge in [-0.2, -0.15) is 0 Å². The summed E-state index contributed by atoms with van der Waals surface area (Å²) in [6.45, 7) is 4.24. The van der Waals surface area contributed by atoms with Crippen molar-refractivity contribution in [3.05, 3.63) is 24.2 Å². The van der Waals surface area contributed by atoms with Crippen LogP contribution in [0.3, 0.4) is 0 Å². The Morgan fingerprint density at radius 2 is 1.96 bits per heavy atom. The Morgan fingerprint density at radius 3 is 2.50 bits per heavy atom. The van der Waals surface area contributed by atoms with E-state index in [0.29, 0.717) is 12.5 Å². The number of nitrogens with one attached hydrogen (secondary N) is 2. The Hall–Kier alpha value is -1.82. The van der Waals surface area contributed by atoms with E-state index in [2.05, 4.69) is 10.6 Å². The molecule has 0 aliphatic heterocycles. The van der Waals surface area contributed by atoms with Gasteiger partial charge in [-0.25, -0.2) is 0 Å². The minimum Gasteiger partial charge on any atom is -0.459 e. The first-order chi connectivity index (χ1) is 11.5. The van der Waals surface area contributed by atoms with E-state index < -0.39 is 6.04 Å². The summed E-state index contributed by atoms with van der Waals surface area (Å²) in [5.74, 6) is 0.0489. The average Bonchev–Trinajstić information content (AvgIpc) is 3.12. The number of nitrogens with two attached hydrogens (primary N) is 1. The lowest BCUT2D eigenvalue weighted by Gasteiger charge is -2.32. The highest BCUT2D eigenvalue weighted by molar-refractivity contribution is 5.95. The molecule has 0 saturated heterocycles. The van der Waals surface area contributed by atoms with Crippen LogP contribution >= 0.6 is 0 Å². The molecule has 1 aromatic heterocycles. The van der Waals surface area contributed by atoms with Gasteiger partial charge < -0.3 is 20.8 Å². The molecule has 6 heteroatoms. The van der Waals surface area contributed by atoms with Crippen molar-refractivity contribution in [1.82, 2.24) is 10.6 Å². The SMILES string of the molecule is CC(C)C(NC(=O)c1ccco1)C(=O)NC(CN)C1CCCCC1. The molecule has 0 bridgehead atoms. The average molecular weight is 335 g/mol. The number of amides is 2. The molecule has 0 radical (unpaired) electrons. The fraction of sp³-hybridized carbons (Fsp3) is 0.667. The lowest BCUT2D eigenvalue weighted by atomic mass is 9.83. The smallest absolute Gasteiger partial charge is 0.287 e. The summed E-state index contributed by atoms with van der Waals surface area (Å²) < 4.78 is 5.09. The number of carbonyl (C=O) groups is 2. The molecule has 24 heavy (non-hydrogen) atoms. The number of hydrogen-bond donors (Lipinski definition) is 3. The molecule has 0 aromatic carbocycles. The van der Waals surface area contributed by atoms with Crippen molar-refractivity contribution in [1.29, 1.82) is 0 Å². The van der Waals surface area contributed by atoms with Crippen molar-refractivity contribution < 1.29 is 14.0 Å². The number of carbonyl (C=O) groups excluding carboxylic acids is 2. The number of rotatable bonds is 7. The molecule has 1 aliphatic rings. The minimum atomic E-state index is -0.611. The van der Waals surface area contributed by atoms with E-state index in [9.17, 15) is 9.59 Å². The maximum atomic E-state index is 12.7. The summed E-state index contributed by atoms with van der Waals surface area (Å²) in [5.41, 5.74) is 5.89. The van der Waals surface area contributed by atoms with Crippen molar-refractivity contribution in [2.24, 2.45) is 17.6 Å². The molecule has 4 N–H and O–H groups in total. The molecule has 1 heterocycles. The Bertz CT molecular complexity index is 522. The van der Waals surface area contributed by atoms with Crippen molar-refractivity contribution in [2.45, 2.75) is 58.0 Å². The van der Waals surface area contributed by atoms with Gasteiger partial charge in [-0.1, -0.05) is 33.1 Å². The molecule has 1 aliphatic carbocycles. The van der Waals surface area contributed by atoms with Gasteiger partial charge in [-0.05, 0) is 36.8 Å². The lowest BCUT2D eigenvalue weighted by molar-refractivity contribution is -0.125. The van der Waals surface area contributed by atoms with E-state index in [1.165, 1.54) is 25.5 Å². The Labute approximate surface area is 143 Å². The normalized spacial score (nSPS) is 18.2. The van der Waals surface area contributed by atoms with Crippen LogP contribution in [0, 0.1) is 11.8 Å². The quantitative estimate of drug-likeness (QED) is 0.710. The van der Waals surface area contributed by atoms with Gasteiger partial charge in [0.2, 0.25) is 5.91 Å². The third kappa shape index (κ3) is 4.84. The molecular formula is C18H29N3O3. The van der Waals surface area contributed by atoms with Crippen LogP contribution in [0.15, 0.2) is 22.8 Å². The monoisotopic (exact) mass is 335 g/mol. The largest absolute Gasteiger partial charge is 0.459 e. The van der Waals surface area contributed by atoms with Crippen LogP contribution in [0.5, 0.6) is 0 Å². The topological polar surface area (TPSA) is 97.4 Å². The second-order valence-electron chi connectivity index (χ2n) is 6.92. The van der Waals surface area contributed by atoms with Gasteiger partial charge in [-0.15, -0.1) is 0 Å². The van der Waals surface area contributed by atoms with Crippen LogP contribution in [-0.2, 0) is 4.79 Å². The Morgan fingerprint density at radius 1 is 1.25 bits per heavy atom. The third-order valence-corrected chi connectivity index (χ3v) is 4.78. The first-order valence-electron chi connectivity index (χ1n) is 8.87. The van der Waals surface area contributed by atoms with Crippen LogP contribution in [-0.4, -0.2) is 30.4 Å². The highest BCUT2D eigenvalue weighted by Gasteiger charge is 2.30. The molecular weight excluding hydrogens is 306 g/mol. The summed E-state index contributed by atoms with van der Waals surface area (Å²) >= 11 is 0. The van der Waals surface area contributed by atoms with Crippen LogP contribution in [0.2, 0.25) is 0 Å². The van der Waals surface area contributed by atoms with Gasteiger partial charge in [-0.3, -0.25) is 9.59 Å². The maximum absolute atomic E-state index is 12.7. The summed E-state index contributed by atoms with van der Waals surface area (Å²) in [6, 6.07) is 2.59. The van der Waals surface area contributed by atoms with Crippen molar-refractivity contribution in [2.75, 3.05) is 6.54 Å². The van der Waals surface area contributed by atoms with Gasteiger partial charge in [0.1, 0.15) is 6.04 Å². The predicted octanol–water partition coefficient (Wildman–Crippen LogP) is 2.06. The fourth-order valence-electron chi connectivity index (χ4n) is 3.33. The summed E-state index contributed by atoms with van der Waals surface area (Å²) in [6.07, 6.45) is 7.29. The van der Waals surface area contributed by atoms with Gasteiger partial charge >= 0.3 is 0 Å². The Kier molecular flexibility index (Phi) is 6.85. The predicted molar refractivity (Wildman–Crippen MR) is 92.4 cm³/mol. The van der Waals surface area contributed by atoms with E-state index >= 15 is 0 Å². The zero-order valence-corrected chi connectivity index (χ0v) is 14.6. The standard InChI is InChI=1S/C18H29N3O3/c1-12(2)16(21-17(22)15-9-6-10-24-15)18(23)20-14(11-19)13-7-4-3-5-8-13/h6,9-10,12-14,16H,3-5,7-8,11,19H2,1-2H3,(H,20,23)(H,21,22). The van der Waals surface area contributed by atoms with Gasteiger partial charge in [0.25, 0.3) is 5.91 Å². The molecule has 2 rings (SSSR count).